The number of ether oxygens (including phenoxy) is 1. The second-order valence-electron chi connectivity index (χ2n) is 5.24. The van der Waals surface area contributed by atoms with Crippen molar-refractivity contribution in [2.45, 2.75) is 44.2 Å². The van der Waals surface area contributed by atoms with Gasteiger partial charge in [-0.1, -0.05) is 24.3 Å². The summed E-state index contributed by atoms with van der Waals surface area (Å²) in [5.74, 6) is -0.0299. The average Bonchev–Trinajstić information content (AvgIpc) is 2.91. The van der Waals surface area contributed by atoms with Gasteiger partial charge in [0.1, 0.15) is 0 Å². The van der Waals surface area contributed by atoms with Gasteiger partial charge >= 0.3 is 0 Å². The van der Waals surface area contributed by atoms with Crippen molar-refractivity contribution in [2.75, 3.05) is 6.61 Å². The predicted molar refractivity (Wildman–Crippen MR) is 78.5 cm³/mol. The molecule has 1 aliphatic rings. The van der Waals surface area contributed by atoms with E-state index >= 15 is 0 Å². The fourth-order valence-electron chi connectivity index (χ4n) is 2.46. The summed E-state index contributed by atoms with van der Waals surface area (Å²) in [4.78, 5) is 0. The van der Waals surface area contributed by atoms with E-state index in [4.69, 9.17) is 10.5 Å². The normalized spacial score (nSPS) is 21.0. The highest BCUT2D eigenvalue weighted by Gasteiger charge is 2.26. The Bertz CT molecular complexity index is 539. The molecular weight excluding hydrogens is 276 g/mol. The molecular formula is C14H22N2O3S. The van der Waals surface area contributed by atoms with Gasteiger partial charge in [-0.3, -0.25) is 0 Å². The summed E-state index contributed by atoms with van der Waals surface area (Å²) in [6, 6.07) is 7.15. The minimum Gasteiger partial charge on any atom is -0.377 e. The SMILES string of the molecule is CC(NS(=O)(=O)Cc1cccc(CN)c1)C1CCCO1. The molecule has 2 unspecified atom stereocenters. The van der Waals surface area contributed by atoms with E-state index in [0.29, 0.717) is 6.54 Å². The Morgan fingerprint density at radius 2 is 2.20 bits per heavy atom. The smallest absolute Gasteiger partial charge is 0.216 e. The third-order valence-electron chi connectivity index (χ3n) is 3.47. The van der Waals surface area contributed by atoms with Crippen LogP contribution < -0.4 is 10.5 Å². The molecule has 5 nitrogen and oxygen atoms in total. The van der Waals surface area contributed by atoms with Crippen molar-refractivity contribution in [1.82, 2.24) is 4.72 Å². The summed E-state index contributed by atoms with van der Waals surface area (Å²) in [5, 5.41) is 0. The molecule has 112 valence electrons. The molecule has 3 N–H and O–H groups in total. The Hall–Kier alpha value is -0.950. The van der Waals surface area contributed by atoms with Gasteiger partial charge in [0.15, 0.2) is 0 Å². The van der Waals surface area contributed by atoms with E-state index in [0.717, 1.165) is 30.6 Å². The minimum atomic E-state index is -3.37. The zero-order chi connectivity index (χ0) is 14.6. The van der Waals surface area contributed by atoms with Gasteiger partial charge in [0, 0.05) is 19.2 Å². The van der Waals surface area contributed by atoms with Crippen LogP contribution in [0.2, 0.25) is 0 Å². The molecule has 1 aromatic carbocycles. The van der Waals surface area contributed by atoms with Crippen molar-refractivity contribution in [3.05, 3.63) is 35.4 Å². The van der Waals surface area contributed by atoms with Crippen molar-refractivity contribution in [3.63, 3.8) is 0 Å². The van der Waals surface area contributed by atoms with Gasteiger partial charge in [0.05, 0.1) is 11.9 Å². The number of hydrogen-bond donors (Lipinski definition) is 2. The fourth-order valence-corrected chi connectivity index (χ4v) is 3.88. The van der Waals surface area contributed by atoms with Gasteiger partial charge in [-0.25, -0.2) is 13.1 Å². The van der Waals surface area contributed by atoms with Gasteiger partial charge in [0.25, 0.3) is 0 Å². The molecule has 0 aromatic heterocycles. The van der Waals surface area contributed by atoms with Crippen molar-refractivity contribution >= 4 is 10.0 Å². The Morgan fingerprint density at radius 3 is 2.85 bits per heavy atom. The van der Waals surface area contributed by atoms with Crippen LogP contribution in [0.1, 0.15) is 30.9 Å². The molecule has 1 saturated heterocycles. The third-order valence-corrected chi connectivity index (χ3v) is 4.92. The molecule has 0 saturated carbocycles. The van der Waals surface area contributed by atoms with E-state index in [1.807, 2.05) is 25.1 Å². The van der Waals surface area contributed by atoms with Crippen LogP contribution in [0.4, 0.5) is 0 Å². The highest BCUT2D eigenvalue weighted by atomic mass is 32.2. The van der Waals surface area contributed by atoms with Gasteiger partial charge in [-0.2, -0.15) is 0 Å². The monoisotopic (exact) mass is 298 g/mol. The van der Waals surface area contributed by atoms with Crippen LogP contribution >= 0.6 is 0 Å². The number of hydrogen-bond acceptors (Lipinski definition) is 4. The number of benzene rings is 1. The number of sulfonamides is 1. The fraction of sp³-hybridized carbons (Fsp3) is 0.571. The minimum absolute atomic E-state index is 0.0137. The topological polar surface area (TPSA) is 81.4 Å². The first kappa shape index (κ1) is 15.4. The Balaban J connectivity index is 1.99. The largest absolute Gasteiger partial charge is 0.377 e. The predicted octanol–water partition coefficient (Wildman–Crippen LogP) is 1.13. The maximum Gasteiger partial charge on any atom is 0.216 e. The van der Waals surface area contributed by atoms with Crippen molar-refractivity contribution in [1.29, 1.82) is 0 Å². The maximum absolute atomic E-state index is 12.2. The molecule has 0 radical (unpaired) electrons. The van der Waals surface area contributed by atoms with Crippen molar-refractivity contribution in [2.24, 2.45) is 5.73 Å². The quantitative estimate of drug-likeness (QED) is 0.825. The highest BCUT2D eigenvalue weighted by Crippen LogP contribution is 2.17. The van der Waals surface area contributed by atoms with E-state index in [1.54, 1.807) is 6.07 Å². The second-order valence-corrected chi connectivity index (χ2v) is 7.00. The molecule has 2 atom stereocenters. The van der Waals surface area contributed by atoms with Crippen molar-refractivity contribution < 1.29 is 13.2 Å². The van der Waals surface area contributed by atoms with Gasteiger partial charge in [-0.05, 0) is 30.9 Å². The van der Waals surface area contributed by atoms with Crippen LogP contribution in [0, 0.1) is 0 Å². The molecule has 2 rings (SSSR count). The van der Waals surface area contributed by atoms with Gasteiger partial charge < -0.3 is 10.5 Å². The lowest BCUT2D eigenvalue weighted by Crippen LogP contribution is -2.41. The lowest BCUT2D eigenvalue weighted by molar-refractivity contribution is 0.0902. The summed E-state index contributed by atoms with van der Waals surface area (Å²) in [5.41, 5.74) is 7.25. The van der Waals surface area contributed by atoms with Crippen LogP contribution in [0.25, 0.3) is 0 Å². The van der Waals surface area contributed by atoms with Crippen LogP contribution in [-0.2, 0) is 27.1 Å². The molecule has 0 aliphatic carbocycles. The number of nitrogens with one attached hydrogen (secondary N) is 1. The zero-order valence-corrected chi connectivity index (χ0v) is 12.5. The van der Waals surface area contributed by atoms with E-state index in [-0.39, 0.29) is 17.9 Å². The summed E-state index contributed by atoms with van der Waals surface area (Å²) in [6.07, 6.45) is 1.89. The summed E-state index contributed by atoms with van der Waals surface area (Å²) < 4.78 is 32.5. The lowest BCUT2D eigenvalue weighted by atomic mass is 10.1. The molecule has 0 spiro atoms. The van der Waals surface area contributed by atoms with E-state index in [2.05, 4.69) is 4.72 Å². The molecule has 1 heterocycles. The molecule has 1 aliphatic heterocycles. The van der Waals surface area contributed by atoms with Crippen LogP contribution in [0.15, 0.2) is 24.3 Å². The molecule has 1 aromatic rings. The lowest BCUT2D eigenvalue weighted by Gasteiger charge is -2.20. The number of rotatable bonds is 6. The standard InChI is InChI=1S/C14H22N2O3S/c1-11(14-6-3-7-19-14)16-20(17,18)10-13-5-2-4-12(8-13)9-15/h2,4-5,8,11,14,16H,3,6-7,9-10,15H2,1H3. The van der Waals surface area contributed by atoms with E-state index in [1.165, 1.54) is 0 Å². The summed E-state index contributed by atoms with van der Waals surface area (Å²) >= 11 is 0. The van der Waals surface area contributed by atoms with Gasteiger partial charge in [0.2, 0.25) is 10.0 Å². The van der Waals surface area contributed by atoms with E-state index in [9.17, 15) is 8.42 Å². The molecule has 0 bridgehead atoms. The Morgan fingerprint density at radius 1 is 1.45 bits per heavy atom. The highest BCUT2D eigenvalue weighted by molar-refractivity contribution is 7.88. The molecule has 1 fully saturated rings. The molecule has 20 heavy (non-hydrogen) atoms. The third kappa shape index (κ3) is 4.28. The Labute approximate surface area is 120 Å². The van der Waals surface area contributed by atoms with E-state index < -0.39 is 10.0 Å². The first-order valence-electron chi connectivity index (χ1n) is 6.89. The second kappa shape index (κ2) is 6.67. The van der Waals surface area contributed by atoms with Crippen LogP contribution in [0.3, 0.4) is 0 Å². The average molecular weight is 298 g/mol. The number of nitrogens with two attached hydrogens (primary N) is 1. The van der Waals surface area contributed by atoms with Crippen LogP contribution in [-0.4, -0.2) is 27.2 Å². The summed E-state index contributed by atoms with van der Waals surface area (Å²) in [6.45, 7) is 2.98. The Kier molecular flexibility index (Phi) is 5.15. The molecule has 6 heteroatoms. The first-order valence-corrected chi connectivity index (χ1v) is 8.55. The van der Waals surface area contributed by atoms with Crippen LogP contribution in [0.5, 0.6) is 0 Å². The first-order chi connectivity index (χ1) is 9.50. The van der Waals surface area contributed by atoms with Crippen molar-refractivity contribution in [3.8, 4) is 0 Å². The summed E-state index contributed by atoms with van der Waals surface area (Å²) in [7, 11) is -3.37. The maximum atomic E-state index is 12.2. The molecule has 0 amide bonds. The zero-order valence-electron chi connectivity index (χ0n) is 11.7. The van der Waals surface area contributed by atoms with Gasteiger partial charge in [-0.15, -0.1) is 0 Å².